The van der Waals surface area contributed by atoms with E-state index in [4.69, 9.17) is 5.26 Å². The molecular weight excluding hydrogens is 268 g/mol. The summed E-state index contributed by atoms with van der Waals surface area (Å²) in [6.45, 7) is 3.79. The van der Waals surface area contributed by atoms with Crippen LogP contribution in [-0.2, 0) is 4.79 Å². The molecule has 0 unspecified atom stereocenters. The zero-order valence-corrected chi connectivity index (χ0v) is 12.0. The molecule has 1 aromatic carbocycles. The monoisotopic (exact) mass is 280 g/mol. The van der Waals surface area contributed by atoms with E-state index in [0.29, 0.717) is 10.6 Å². The van der Waals surface area contributed by atoms with Gasteiger partial charge in [-0.3, -0.25) is 4.79 Å². The first kappa shape index (κ1) is 13.9. The van der Waals surface area contributed by atoms with Crippen molar-refractivity contribution in [2.45, 2.75) is 13.8 Å². The lowest BCUT2D eigenvalue weighted by atomic mass is 10.2. The molecule has 0 fully saturated rings. The molecule has 0 aliphatic rings. The average molecular weight is 280 g/mol. The Kier molecular flexibility index (Phi) is 4.20. The van der Waals surface area contributed by atoms with Crippen molar-refractivity contribution in [1.29, 1.82) is 5.26 Å². The van der Waals surface area contributed by atoms with E-state index in [9.17, 15) is 4.79 Å². The van der Waals surface area contributed by atoms with Gasteiger partial charge in [-0.2, -0.15) is 5.26 Å². The van der Waals surface area contributed by atoms with Gasteiger partial charge in [0.05, 0.1) is 5.56 Å². The van der Waals surface area contributed by atoms with Crippen LogP contribution in [0.25, 0.3) is 0 Å². The minimum atomic E-state index is -0.411. The molecular formula is C16H12N2OS. The Bertz CT molecular complexity index is 743. The second-order valence-corrected chi connectivity index (χ2v) is 5.39. The Morgan fingerprint density at radius 2 is 1.95 bits per heavy atom. The molecule has 4 heteroatoms. The third kappa shape index (κ3) is 3.06. The number of aryl methyl sites for hydroxylation is 1. The minimum absolute atomic E-state index is 0.411. The van der Waals surface area contributed by atoms with Crippen molar-refractivity contribution in [3.05, 3.63) is 51.9 Å². The fraction of sp³-hybridized carbons (Fsp3) is 0.125. The Morgan fingerprint density at radius 3 is 2.60 bits per heavy atom. The highest BCUT2D eigenvalue weighted by Crippen LogP contribution is 2.31. The van der Waals surface area contributed by atoms with Gasteiger partial charge in [0.1, 0.15) is 11.1 Å². The predicted molar refractivity (Wildman–Crippen MR) is 80.5 cm³/mol. The van der Waals surface area contributed by atoms with Crippen LogP contribution in [0.3, 0.4) is 0 Å². The highest BCUT2D eigenvalue weighted by Gasteiger charge is 2.13. The van der Waals surface area contributed by atoms with Gasteiger partial charge in [0.15, 0.2) is 0 Å². The molecule has 1 heterocycles. The van der Waals surface area contributed by atoms with Crippen molar-refractivity contribution >= 4 is 22.2 Å². The topological polar surface area (TPSA) is 52.9 Å². The molecule has 2 rings (SSSR count). The molecule has 2 aromatic rings. The second kappa shape index (κ2) is 6.06. The van der Waals surface area contributed by atoms with Crippen LogP contribution in [-0.4, -0.2) is 5.91 Å². The molecule has 1 amide bonds. The number of rotatable bonds is 1. The number of hydrogen-bond acceptors (Lipinski definition) is 3. The highest BCUT2D eigenvalue weighted by molar-refractivity contribution is 7.16. The molecule has 0 aliphatic heterocycles. The number of hydrogen-bond donors (Lipinski definition) is 1. The van der Waals surface area contributed by atoms with Crippen molar-refractivity contribution in [1.82, 2.24) is 0 Å². The number of nitrogens with zero attached hydrogens (tertiary/aromatic N) is 1. The number of amides is 1. The Labute approximate surface area is 121 Å². The maximum absolute atomic E-state index is 11.8. The highest BCUT2D eigenvalue weighted by atomic mass is 32.1. The number of carbonyl (C=O) groups excluding carboxylic acids is 1. The molecule has 0 saturated carbocycles. The van der Waals surface area contributed by atoms with Crippen molar-refractivity contribution in [3.8, 4) is 17.9 Å². The average Bonchev–Trinajstić information content (AvgIpc) is 2.72. The molecule has 98 valence electrons. The lowest BCUT2D eigenvalue weighted by molar-refractivity contribution is -0.111. The molecule has 1 aromatic heterocycles. The Morgan fingerprint density at radius 1 is 1.25 bits per heavy atom. The van der Waals surface area contributed by atoms with E-state index in [1.54, 1.807) is 0 Å². The van der Waals surface area contributed by atoms with Crippen molar-refractivity contribution < 1.29 is 4.79 Å². The predicted octanol–water partition coefficient (Wildman–Crippen LogP) is 3.23. The van der Waals surface area contributed by atoms with Crippen LogP contribution in [0.1, 0.15) is 21.6 Å². The normalized spacial score (nSPS) is 9.25. The fourth-order valence-corrected chi connectivity index (χ4v) is 2.64. The molecule has 0 saturated heterocycles. The summed E-state index contributed by atoms with van der Waals surface area (Å²) in [5.41, 5.74) is 2.20. The van der Waals surface area contributed by atoms with Gasteiger partial charge in [-0.1, -0.05) is 24.1 Å². The van der Waals surface area contributed by atoms with Crippen LogP contribution >= 0.6 is 11.3 Å². The second-order valence-electron chi connectivity index (χ2n) is 4.17. The van der Waals surface area contributed by atoms with Gasteiger partial charge in [0.2, 0.25) is 0 Å². The van der Waals surface area contributed by atoms with Gasteiger partial charge in [-0.15, -0.1) is 11.3 Å². The van der Waals surface area contributed by atoms with Crippen molar-refractivity contribution in [2.24, 2.45) is 0 Å². The summed E-state index contributed by atoms with van der Waals surface area (Å²) in [5.74, 6) is 4.90. The van der Waals surface area contributed by atoms with Gasteiger partial charge in [-0.05, 0) is 31.5 Å². The van der Waals surface area contributed by atoms with E-state index >= 15 is 0 Å². The number of anilines is 1. The lowest BCUT2D eigenvalue weighted by Gasteiger charge is -1.96. The van der Waals surface area contributed by atoms with Crippen LogP contribution < -0.4 is 5.32 Å². The first-order chi connectivity index (χ1) is 9.61. The standard InChI is InChI=1S/C16H12N2OS/c1-11-12(2)20-16(14(11)10-17)18-15(19)9-8-13-6-4-3-5-7-13/h3-7H,1-2H3,(H,18,19). The van der Waals surface area contributed by atoms with Crippen LogP contribution in [0.5, 0.6) is 0 Å². The molecule has 0 spiro atoms. The van der Waals surface area contributed by atoms with Crippen molar-refractivity contribution in [2.75, 3.05) is 5.32 Å². The van der Waals surface area contributed by atoms with Crippen molar-refractivity contribution in [3.63, 3.8) is 0 Å². The fourth-order valence-electron chi connectivity index (χ4n) is 1.63. The number of thiophene rings is 1. The zero-order valence-electron chi connectivity index (χ0n) is 11.2. The first-order valence-corrected chi connectivity index (χ1v) is 6.81. The van der Waals surface area contributed by atoms with Gasteiger partial charge in [0, 0.05) is 16.4 Å². The smallest absolute Gasteiger partial charge is 0.301 e. The third-order valence-corrected chi connectivity index (χ3v) is 3.94. The van der Waals surface area contributed by atoms with Gasteiger partial charge >= 0.3 is 5.91 Å². The summed E-state index contributed by atoms with van der Waals surface area (Å²) in [4.78, 5) is 12.8. The number of carbonyl (C=O) groups is 1. The Hall–Kier alpha value is -2.56. The quantitative estimate of drug-likeness (QED) is 0.815. The van der Waals surface area contributed by atoms with E-state index < -0.39 is 5.91 Å². The number of nitrogens with one attached hydrogen (secondary N) is 1. The summed E-state index contributed by atoms with van der Waals surface area (Å²) in [6, 6.07) is 11.4. The molecule has 3 nitrogen and oxygen atoms in total. The number of benzene rings is 1. The van der Waals surface area contributed by atoms with Gasteiger partial charge < -0.3 is 5.32 Å². The molecule has 0 radical (unpaired) electrons. The largest absolute Gasteiger partial charge is 0.306 e. The summed E-state index contributed by atoms with van der Waals surface area (Å²) < 4.78 is 0. The molecule has 1 N–H and O–H groups in total. The van der Waals surface area contributed by atoms with Gasteiger partial charge in [-0.25, -0.2) is 0 Å². The molecule has 20 heavy (non-hydrogen) atoms. The van der Waals surface area contributed by atoms with E-state index in [0.717, 1.165) is 16.0 Å². The maximum atomic E-state index is 11.8. The minimum Gasteiger partial charge on any atom is -0.306 e. The Balaban J connectivity index is 2.16. The maximum Gasteiger partial charge on any atom is 0.301 e. The first-order valence-electron chi connectivity index (χ1n) is 6.00. The van der Waals surface area contributed by atoms with E-state index in [1.807, 2.05) is 44.2 Å². The summed E-state index contributed by atoms with van der Waals surface area (Å²) >= 11 is 1.39. The van der Waals surface area contributed by atoms with E-state index in [2.05, 4.69) is 23.2 Å². The van der Waals surface area contributed by atoms with Crippen LogP contribution in [0, 0.1) is 37.0 Å². The van der Waals surface area contributed by atoms with Crippen LogP contribution in [0.15, 0.2) is 30.3 Å². The third-order valence-electron chi connectivity index (χ3n) is 2.82. The summed E-state index contributed by atoms with van der Waals surface area (Å²) in [7, 11) is 0. The van der Waals surface area contributed by atoms with E-state index in [-0.39, 0.29) is 0 Å². The molecule has 0 bridgehead atoms. The zero-order chi connectivity index (χ0) is 14.5. The van der Waals surface area contributed by atoms with Crippen LogP contribution in [0.2, 0.25) is 0 Å². The van der Waals surface area contributed by atoms with Crippen LogP contribution in [0.4, 0.5) is 5.00 Å². The lowest BCUT2D eigenvalue weighted by Crippen LogP contribution is -2.08. The molecule has 0 aliphatic carbocycles. The number of nitriles is 1. The summed E-state index contributed by atoms with van der Waals surface area (Å²) in [5, 5.41) is 12.3. The molecule has 0 atom stereocenters. The summed E-state index contributed by atoms with van der Waals surface area (Å²) in [6.07, 6.45) is 0. The van der Waals surface area contributed by atoms with Gasteiger partial charge in [0.25, 0.3) is 0 Å². The SMILES string of the molecule is Cc1sc(NC(=O)C#Cc2ccccc2)c(C#N)c1C. The van der Waals surface area contributed by atoms with E-state index in [1.165, 1.54) is 11.3 Å².